The SMILES string of the molecule is COC(=O)c1csc(NC(=O)[C@H](Cc2ccccc2)N2C(=O)NC(c3ccc4c(c3)OCO4)C2=O)n1. The molecular formula is C24H20N4O7S. The Morgan fingerprint density at radius 2 is 1.97 bits per heavy atom. The molecule has 1 unspecified atom stereocenters. The molecule has 1 aromatic heterocycles. The number of amides is 4. The van der Waals surface area contributed by atoms with Crippen LogP contribution in [0, 0.1) is 0 Å². The number of urea groups is 1. The third kappa shape index (κ3) is 4.45. The van der Waals surface area contributed by atoms with E-state index in [2.05, 4.69) is 20.4 Å². The highest BCUT2D eigenvalue weighted by Crippen LogP contribution is 2.36. The average molecular weight is 509 g/mol. The van der Waals surface area contributed by atoms with Gasteiger partial charge in [0.15, 0.2) is 22.3 Å². The second-order valence-electron chi connectivity index (χ2n) is 7.93. The number of hydrogen-bond donors (Lipinski definition) is 2. The van der Waals surface area contributed by atoms with Crippen molar-refractivity contribution in [1.82, 2.24) is 15.2 Å². The summed E-state index contributed by atoms with van der Waals surface area (Å²) in [5.74, 6) is -0.836. The van der Waals surface area contributed by atoms with Crippen molar-refractivity contribution in [3.8, 4) is 11.5 Å². The summed E-state index contributed by atoms with van der Waals surface area (Å²) in [6, 6.07) is 11.1. The van der Waals surface area contributed by atoms with Gasteiger partial charge in [0, 0.05) is 11.8 Å². The normalized spacial score (nSPS) is 17.0. The van der Waals surface area contributed by atoms with E-state index in [0.717, 1.165) is 21.8 Å². The standard InChI is InChI=1S/C24H20N4O7S/c1-33-22(31)15-11-36-23(25-15)27-20(29)16(9-13-5-3-2-4-6-13)28-21(30)19(26-24(28)32)14-7-8-17-18(10-14)35-12-34-17/h2-8,10-11,16,19H,9,12H2,1H3,(H,26,32)(H,25,27,29)/t16-,19?/m0/s1. The molecule has 0 radical (unpaired) electrons. The quantitative estimate of drug-likeness (QED) is 0.367. The second-order valence-corrected chi connectivity index (χ2v) is 8.79. The van der Waals surface area contributed by atoms with E-state index in [4.69, 9.17) is 9.47 Å². The fraction of sp³-hybridized carbons (Fsp3) is 0.208. The molecule has 11 nitrogen and oxygen atoms in total. The van der Waals surface area contributed by atoms with E-state index >= 15 is 0 Å². The summed E-state index contributed by atoms with van der Waals surface area (Å²) in [7, 11) is 1.23. The molecule has 2 aliphatic heterocycles. The molecule has 2 aliphatic rings. The van der Waals surface area contributed by atoms with E-state index < -0.39 is 35.9 Å². The highest BCUT2D eigenvalue weighted by Gasteiger charge is 2.45. The number of esters is 1. The largest absolute Gasteiger partial charge is 0.464 e. The lowest BCUT2D eigenvalue weighted by atomic mass is 10.0. The number of hydrogen-bond acceptors (Lipinski definition) is 9. The van der Waals surface area contributed by atoms with E-state index in [0.29, 0.717) is 17.1 Å². The van der Waals surface area contributed by atoms with Gasteiger partial charge >= 0.3 is 12.0 Å². The van der Waals surface area contributed by atoms with Crippen molar-refractivity contribution in [3.05, 3.63) is 70.7 Å². The van der Waals surface area contributed by atoms with Crippen molar-refractivity contribution in [2.45, 2.75) is 18.5 Å². The number of carbonyl (C=O) groups is 4. The van der Waals surface area contributed by atoms with Crippen LogP contribution in [0.3, 0.4) is 0 Å². The maximum atomic E-state index is 13.5. The summed E-state index contributed by atoms with van der Waals surface area (Å²) in [6.07, 6.45) is 0.0783. The molecule has 1 fully saturated rings. The van der Waals surface area contributed by atoms with E-state index in [-0.39, 0.29) is 24.0 Å². The molecule has 2 N–H and O–H groups in total. The lowest BCUT2D eigenvalue weighted by Crippen LogP contribution is -2.49. The van der Waals surface area contributed by atoms with Gasteiger partial charge in [0.1, 0.15) is 12.1 Å². The van der Waals surface area contributed by atoms with E-state index in [1.54, 1.807) is 42.5 Å². The lowest BCUT2D eigenvalue weighted by Gasteiger charge is -2.24. The summed E-state index contributed by atoms with van der Waals surface area (Å²) >= 11 is 1.02. The first-order valence-electron chi connectivity index (χ1n) is 10.9. The Labute approximate surface area is 209 Å². The monoisotopic (exact) mass is 508 g/mol. The second kappa shape index (κ2) is 9.66. The molecule has 2 aromatic carbocycles. The fourth-order valence-electron chi connectivity index (χ4n) is 3.96. The molecule has 12 heteroatoms. The highest BCUT2D eigenvalue weighted by atomic mass is 32.1. The van der Waals surface area contributed by atoms with Gasteiger partial charge in [-0.3, -0.25) is 9.59 Å². The zero-order chi connectivity index (χ0) is 25.2. The van der Waals surface area contributed by atoms with Gasteiger partial charge in [0.05, 0.1) is 7.11 Å². The third-order valence-corrected chi connectivity index (χ3v) is 6.47. The van der Waals surface area contributed by atoms with Crippen molar-refractivity contribution in [2.75, 3.05) is 19.2 Å². The molecule has 4 amide bonds. The first-order chi connectivity index (χ1) is 17.4. The molecule has 3 heterocycles. The van der Waals surface area contributed by atoms with Crippen molar-refractivity contribution >= 4 is 40.3 Å². The number of imide groups is 1. The van der Waals surface area contributed by atoms with Gasteiger partial charge in [-0.05, 0) is 23.3 Å². The minimum atomic E-state index is -1.18. The minimum Gasteiger partial charge on any atom is -0.464 e. The molecule has 36 heavy (non-hydrogen) atoms. The summed E-state index contributed by atoms with van der Waals surface area (Å²) in [5, 5.41) is 6.86. The molecule has 0 bridgehead atoms. The topological polar surface area (TPSA) is 136 Å². The third-order valence-electron chi connectivity index (χ3n) is 5.72. The first kappa shape index (κ1) is 23.3. The maximum Gasteiger partial charge on any atom is 0.357 e. The number of aromatic nitrogens is 1. The summed E-state index contributed by atoms with van der Waals surface area (Å²) in [4.78, 5) is 56.5. The number of fused-ring (bicyclic) bond motifs is 1. The minimum absolute atomic E-state index is 0.0373. The molecule has 184 valence electrons. The molecule has 2 atom stereocenters. The van der Waals surface area contributed by atoms with Gasteiger partial charge in [-0.25, -0.2) is 19.5 Å². The number of nitrogens with one attached hydrogen (secondary N) is 2. The molecule has 3 aromatic rings. The number of ether oxygens (including phenoxy) is 3. The van der Waals surface area contributed by atoms with Crippen LogP contribution in [0.5, 0.6) is 11.5 Å². The Kier molecular flexibility index (Phi) is 6.25. The predicted molar refractivity (Wildman–Crippen MR) is 127 cm³/mol. The Morgan fingerprint density at radius 1 is 1.19 bits per heavy atom. The molecule has 1 saturated heterocycles. The predicted octanol–water partition coefficient (Wildman–Crippen LogP) is 2.50. The molecular weight excluding hydrogens is 488 g/mol. The Hall–Kier alpha value is -4.45. The van der Waals surface area contributed by atoms with Gasteiger partial charge in [-0.2, -0.15) is 0 Å². The molecule has 5 rings (SSSR count). The number of carbonyl (C=O) groups excluding carboxylic acids is 4. The number of anilines is 1. The number of rotatable bonds is 7. The fourth-order valence-corrected chi connectivity index (χ4v) is 4.65. The van der Waals surface area contributed by atoms with Crippen molar-refractivity contribution in [1.29, 1.82) is 0 Å². The lowest BCUT2D eigenvalue weighted by molar-refractivity contribution is -0.134. The van der Waals surface area contributed by atoms with Crippen LogP contribution in [0.2, 0.25) is 0 Å². The number of thiazole rings is 1. The maximum absolute atomic E-state index is 13.5. The zero-order valence-corrected chi connectivity index (χ0v) is 19.7. The van der Waals surface area contributed by atoms with E-state index in [1.807, 2.05) is 6.07 Å². The summed E-state index contributed by atoms with van der Waals surface area (Å²) in [5.41, 5.74) is 1.29. The molecule has 0 aliphatic carbocycles. The van der Waals surface area contributed by atoms with Crippen molar-refractivity contribution < 1.29 is 33.4 Å². The smallest absolute Gasteiger partial charge is 0.357 e. The van der Waals surface area contributed by atoms with Crippen LogP contribution in [0.15, 0.2) is 53.9 Å². The first-order valence-corrected chi connectivity index (χ1v) is 11.7. The average Bonchev–Trinajstić information content (AvgIpc) is 3.61. The molecule has 0 saturated carbocycles. The van der Waals surface area contributed by atoms with Crippen LogP contribution in [-0.2, 0) is 20.7 Å². The van der Waals surface area contributed by atoms with Crippen LogP contribution < -0.4 is 20.1 Å². The molecule has 0 spiro atoms. The van der Waals surface area contributed by atoms with Gasteiger partial charge in [-0.15, -0.1) is 11.3 Å². The van der Waals surface area contributed by atoms with Gasteiger partial charge in [-0.1, -0.05) is 36.4 Å². The zero-order valence-electron chi connectivity index (χ0n) is 18.9. The van der Waals surface area contributed by atoms with Crippen LogP contribution in [-0.4, -0.2) is 53.6 Å². The van der Waals surface area contributed by atoms with Gasteiger partial charge < -0.3 is 24.8 Å². The van der Waals surface area contributed by atoms with Gasteiger partial charge in [0.25, 0.3) is 5.91 Å². The van der Waals surface area contributed by atoms with Crippen molar-refractivity contribution in [2.24, 2.45) is 0 Å². The Bertz CT molecular complexity index is 1340. The van der Waals surface area contributed by atoms with E-state index in [1.165, 1.54) is 12.5 Å². The van der Waals surface area contributed by atoms with Crippen LogP contribution in [0.25, 0.3) is 0 Å². The summed E-state index contributed by atoms with van der Waals surface area (Å²) < 4.78 is 15.3. The van der Waals surface area contributed by atoms with Gasteiger partial charge in [0.2, 0.25) is 12.7 Å². The Morgan fingerprint density at radius 3 is 2.75 bits per heavy atom. The summed E-state index contributed by atoms with van der Waals surface area (Å²) in [6.45, 7) is 0.0731. The van der Waals surface area contributed by atoms with Crippen LogP contribution in [0.4, 0.5) is 9.93 Å². The van der Waals surface area contributed by atoms with Crippen LogP contribution in [0.1, 0.15) is 27.7 Å². The number of methoxy groups -OCH3 is 1. The van der Waals surface area contributed by atoms with Crippen LogP contribution >= 0.6 is 11.3 Å². The highest BCUT2D eigenvalue weighted by molar-refractivity contribution is 7.14. The van der Waals surface area contributed by atoms with Crippen molar-refractivity contribution in [3.63, 3.8) is 0 Å². The number of benzene rings is 2. The Balaban J connectivity index is 1.42. The van der Waals surface area contributed by atoms with E-state index in [9.17, 15) is 19.2 Å². The number of nitrogens with zero attached hydrogens (tertiary/aromatic N) is 2.